The predicted octanol–water partition coefficient (Wildman–Crippen LogP) is 3.31. The van der Waals surface area contributed by atoms with E-state index in [1.54, 1.807) is 41.9 Å². The SMILES string of the molecule is O=C(NCCc1ccccc1F)C1CCN(Cc2csc(-c3ncccn3)n2)CC1. The zero-order valence-electron chi connectivity index (χ0n) is 16.6. The van der Waals surface area contributed by atoms with Gasteiger partial charge in [0, 0.05) is 36.8 Å². The Morgan fingerprint density at radius 2 is 1.93 bits per heavy atom. The lowest BCUT2D eigenvalue weighted by atomic mass is 9.95. The van der Waals surface area contributed by atoms with Crippen molar-refractivity contribution in [3.05, 3.63) is 65.2 Å². The Morgan fingerprint density at radius 1 is 1.17 bits per heavy atom. The number of piperidine rings is 1. The van der Waals surface area contributed by atoms with E-state index in [0.29, 0.717) is 24.4 Å². The first-order valence-electron chi connectivity index (χ1n) is 10.1. The molecule has 3 aromatic rings. The number of hydrogen-bond acceptors (Lipinski definition) is 6. The van der Waals surface area contributed by atoms with Gasteiger partial charge in [0.2, 0.25) is 5.91 Å². The van der Waals surface area contributed by atoms with Crippen molar-refractivity contribution in [3.8, 4) is 10.8 Å². The van der Waals surface area contributed by atoms with Crippen LogP contribution in [0.4, 0.5) is 4.39 Å². The lowest BCUT2D eigenvalue weighted by Gasteiger charge is -2.30. The van der Waals surface area contributed by atoms with Gasteiger partial charge in [-0.3, -0.25) is 9.69 Å². The summed E-state index contributed by atoms with van der Waals surface area (Å²) in [5.41, 5.74) is 1.64. The third kappa shape index (κ3) is 5.25. The largest absolute Gasteiger partial charge is 0.356 e. The van der Waals surface area contributed by atoms with Gasteiger partial charge in [-0.2, -0.15) is 0 Å². The van der Waals surface area contributed by atoms with E-state index in [1.807, 2.05) is 11.4 Å². The van der Waals surface area contributed by atoms with E-state index in [1.165, 1.54) is 6.07 Å². The molecule has 0 atom stereocenters. The monoisotopic (exact) mass is 425 g/mol. The van der Waals surface area contributed by atoms with Crippen LogP contribution in [0.2, 0.25) is 0 Å². The number of halogens is 1. The molecule has 0 aliphatic carbocycles. The number of nitrogens with zero attached hydrogens (tertiary/aromatic N) is 4. The van der Waals surface area contributed by atoms with Crippen LogP contribution in [0, 0.1) is 11.7 Å². The van der Waals surface area contributed by atoms with Gasteiger partial charge >= 0.3 is 0 Å². The molecule has 3 heterocycles. The maximum Gasteiger partial charge on any atom is 0.223 e. The van der Waals surface area contributed by atoms with E-state index in [-0.39, 0.29) is 17.6 Å². The summed E-state index contributed by atoms with van der Waals surface area (Å²) in [6.07, 6.45) is 5.59. The molecule has 0 spiro atoms. The first-order valence-corrected chi connectivity index (χ1v) is 11.0. The number of amides is 1. The van der Waals surface area contributed by atoms with Gasteiger partial charge < -0.3 is 5.32 Å². The van der Waals surface area contributed by atoms with Gasteiger partial charge in [0.1, 0.15) is 5.82 Å². The summed E-state index contributed by atoms with van der Waals surface area (Å²) in [6.45, 7) is 2.95. The highest BCUT2D eigenvalue weighted by Gasteiger charge is 2.25. The summed E-state index contributed by atoms with van der Waals surface area (Å²) in [7, 11) is 0. The van der Waals surface area contributed by atoms with Gasteiger partial charge in [-0.05, 0) is 50.0 Å². The van der Waals surface area contributed by atoms with Crippen LogP contribution >= 0.6 is 11.3 Å². The Labute approximate surface area is 179 Å². The predicted molar refractivity (Wildman–Crippen MR) is 114 cm³/mol. The number of likely N-dealkylation sites (tertiary alicyclic amines) is 1. The fourth-order valence-corrected chi connectivity index (χ4v) is 4.40. The summed E-state index contributed by atoms with van der Waals surface area (Å²) in [4.78, 5) is 27.9. The Hall–Kier alpha value is -2.71. The maximum absolute atomic E-state index is 13.7. The van der Waals surface area contributed by atoms with Crippen molar-refractivity contribution < 1.29 is 9.18 Å². The molecule has 0 radical (unpaired) electrons. The number of thiazole rings is 1. The van der Waals surface area contributed by atoms with Crippen molar-refractivity contribution in [1.29, 1.82) is 0 Å². The number of hydrogen-bond donors (Lipinski definition) is 1. The van der Waals surface area contributed by atoms with Crippen LogP contribution in [-0.4, -0.2) is 45.4 Å². The smallest absolute Gasteiger partial charge is 0.223 e. The highest BCUT2D eigenvalue weighted by Crippen LogP contribution is 2.23. The second-order valence-electron chi connectivity index (χ2n) is 7.40. The molecule has 8 heteroatoms. The zero-order valence-corrected chi connectivity index (χ0v) is 17.4. The molecule has 4 rings (SSSR count). The Morgan fingerprint density at radius 3 is 2.70 bits per heavy atom. The number of rotatable bonds is 7. The second-order valence-corrected chi connectivity index (χ2v) is 8.26. The molecule has 1 fully saturated rings. The van der Waals surface area contributed by atoms with Crippen LogP contribution in [0.15, 0.2) is 48.1 Å². The normalized spacial score (nSPS) is 15.2. The highest BCUT2D eigenvalue weighted by molar-refractivity contribution is 7.13. The first kappa shape index (κ1) is 20.6. The van der Waals surface area contributed by atoms with Crippen LogP contribution in [0.3, 0.4) is 0 Å². The summed E-state index contributed by atoms with van der Waals surface area (Å²) in [5, 5.41) is 5.84. The molecule has 1 aliphatic heterocycles. The van der Waals surface area contributed by atoms with Crippen LogP contribution in [0.25, 0.3) is 10.8 Å². The van der Waals surface area contributed by atoms with Crippen molar-refractivity contribution in [3.63, 3.8) is 0 Å². The van der Waals surface area contributed by atoms with E-state index >= 15 is 0 Å². The number of aromatic nitrogens is 3. The molecular weight excluding hydrogens is 401 g/mol. The van der Waals surface area contributed by atoms with Crippen LogP contribution < -0.4 is 5.32 Å². The van der Waals surface area contributed by atoms with Gasteiger partial charge in [0.15, 0.2) is 10.8 Å². The molecule has 0 unspecified atom stereocenters. The molecule has 2 aromatic heterocycles. The van der Waals surface area contributed by atoms with Crippen molar-refractivity contribution >= 4 is 17.2 Å². The number of nitrogens with one attached hydrogen (secondary N) is 1. The molecule has 1 aliphatic rings. The van der Waals surface area contributed by atoms with Crippen LogP contribution in [0.5, 0.6) is 0 Å². The zero-order chi connectivity index (χ0) is 20.8. The lowest BCUT2D eigenvalue weighted by molar-refractivity contribution is -0.126. The average Bonchev–Trinajstić information content (AvgIpc) is 3.25. The minimum absolute atomic E-state index is 0.0191. The molecule has 6 nitrogen and oxygen atoms in total. The fourth-order valence-electron chi connectivity index (χ4n) is 3.64. The Bertz CT molecular complexity index is 972. The standard InChI is InChI=1S/C22H24FN5OS/c23-19-5-2-1-4-16(19)6-11-26-21(29)17-7-12-28(13-8-17)14-18-15-30-22(27-18)20-24-9-3-10-25-20/h1-5,9-10,15,17H,6-8,11-14H2,(H,26,29). The lowest BCUT2D eigenvalue weighted by Crippen LogP contribution is -2.40. The molecule has 156 valence electrons. The molecular formula is C22H24FN5OS. The summed E-state index contributed by atoms with van der Waals surface area (Å²) < 4.78 is 13.7. The molecule has 1 amide bonds. The number of carbonyl (C=O) groups is 1. The molecule has 1 saturated heterocycles. The number of carbonyl (C=O) groups excluding carboxylic acids is 1. The molecule has 1 aromatic carbocycles. The van der Waals surface area contributed by atoms with E-state index < -0.39 is 0 Å². The Balaban J connectivity index is 1.21. The summed E-state index contributed by atoms with van der Waals surface area (Å²) >= 11 is 1.55. The third-order valence-electron chi connectivity index (χ3n) is 5.30. The quantitative estimate of drug-likeness (QED) is 0.629. The van der Waals surface area contributed by atoms with E-state index in [4.69, 9.17) is 0 Å². The van der Waals surface area contributed by atoms with Gasteiger partial charge in [-0.15, -0.1) is 11.3 Å². The highest BCUT2D eigenvalue weighted by atomic mass is 32.1. The molecule has 30 heavy (non-hydrogen) atoms. The van der Waals surface area contributed by atoms with E-state index in [2.05, 4.69) is 25.2 Å². The fraction of sp³-hybridized carbons (Fsp3) is 0.364. The number of benzene rings is 1. The van der Waals surface area contributed by atoms with Gasteiger partial charge in [0.05, 0.1) is 5.69 Å². The summed E-state index contributed by atoms with van der Waals surface area (Å²) in [5.74, 6) is 0.525. The van der Waals surface area contributed by atoms with Crippen LogP contribution in [-0.2, 0) is 17.8 Å². The van der Waals surface area contributed by atoms with Crippen molar-refractivity contribution in [2.45, 2.75) is 25.8 Å². The molecule has 1 N–H and O–H groups in total. The summed E-state index contributed by atoms with van der Waals surface area (Å²) in [6, 6.07) is 8.48. The maximum atomic E-state index is 13.7. The van der Waals surface area contributed by atoms with Gasteiger partial charge in [-0.1, -0.05) is 18.2 Å². The van der Waals surface area contributed by atoms with E-state index in [9.17, 15) is 9.18 Å². The second kappa shape index (κ2) is 9.86. The Kier molecular flexibility index (Phi) is 6.76. The average molecular weight is 426 g/mol. The molecule has 0 saturated carbocycles. The van der Waals surface area contributed by atoms with Crippen LogP contribution in [0.1, 0.15) is 24.1 Å². The minimum Gasteiger partial charge on any atom is -0.356 e. The molecule has 0 bridgehead atoms. The van der Waals surface area contributed by atoms with Crippen molar-refractivity contribution in [1.82, 2.24) is 25.2 Å². The van der Waals surface area contributed by atoms with Gasteiger partial charge in [-0.25, -0.2) is 19.3 Å². The first-order chi connectivity index (χ1) is 14.7. The van der Waals surface area contributed by atoms with Crippen molar-refractivity contribution in [2.75, 3.05) is 19.6 Å². The minimum atomic E-state index is -0.218. The van der Waals surface area contributed by atoms with Gasteiger partial charge in [0.25, 0.3) is 0 Å². The topological polar surface area (TPSA) is 71.0 Å². The van der Waals surface area contributed by atoms with Crippen molar-refractivity contribution in [2.24, 2.45) is 5.92 Å². The van der Waals surface area contributed by atoms with E-state index in [0.717, 1.165) is 43.2 Å². The third-order valence-corrected chi connectivity index (χ3v) is 6.19.